The summed E-state index contributed by atoms with van der Waals surface area (Å²) >= 11 is 0. The van der Waals surface area contributed by atoms with Crippen LogP contribution in [0.15, 0.2) is 48.5 Å². The third kappa shape index (κ3) is 2.39. The van der Waals surface area contributed by atoms with E-state index < -0.39 is 0 Å². The molecule has 1 heteroatoms. The second kappa shape index (κ2) is 4.88. The van der Waals surface area contributed by atoms with Crippen LogP contribution in [-0.2, 0) is 0 Å². The molecule has 1 nitrogen and oxygen atoms in total. The van der Waals surface area contributed by atoms with E-state index in [-0.39, 0.29) is 0 Å². The van der Waals surface area contributed by atoms with Gasteiger partial charge < -0.3 is 5.73 Å². The first-order chi connectivity index (χ1) is 8.22. The fourth-order valence-electron chi connectivity index (χ4n) is 1.89. The smallest absolute Gasteiger partial charge is 0.0467 e. The lowest BCUT2D eigenvalue weighted by Crippen LogP contribution is -1.93. The molecule has 0 amide bonds. The van der Waals surface area contributed by atoms with E-state index in [0.29, 0.717) is 0 Å². The van der Waals surface area contributed by atoms with Crippen molar-refractivity contribution in [2.75, 3.05) is 5.73 Å². The molecule has 0 fully saturated rings. The molecule has 0 aliphatic rings. The molecule has 0 spiro atoms. The zero-order valence-corrected chi connectivity index (χ0v) is 10.3. The Kier molecular flexibility index (Phi) is 3.29. The third-order valence-corrected chi connectivity index (χ3v) is 2.85. The SMILES string of the molecule is C/C=C\c1cccc(-c2ccc(C)cc2)c1N. The highest BCUT2D eigenvalue weighted by atomic mass is 14.6. The first-order valence-electron chi connectivity index (χ1n) is 5.80. The van der Waals surface area contributed by atoms with Crippen molar-refractivity contribution >= 4 is 11.8 Å². The molecule has 17 heavy (non-hydrogen) atoms. The minimum Gasteiger partial charge on any atom is -0.398 e. The van der Waals surface area contributed by atoms with E-state index >= 15 is 0 Å². The summed E-state index contributed by atoms with van der Waals surface area (Å²) in [6, 6.07) is 14.6. The van der Waals surface area contributed by atoms with Crippen molar-refractivity contribution in [2.24, 2.45) is 0 Å². The Morgan fingerprint density at radius 1 is 1.00 bits per heavy atom. The van der Waals surface area contributed by atoms with Crippen LogP contribution in [-0.4, -0.2) is 0 Å². The van der Waals surface area contributed by atoms with Crippen LogP contribution in [0, 0.1) is 6.92 Å². The zero-order chi connectivity index (χ0) is 12.3. The minimum absolute atomic E-state index is 0.842. The standard InChI is InChI=1S/C16H17N/c1-3-5-14-6-4-7-15(16(14)17)13-10-8-12(2)9-11-13/h3-11H,17H2,1-2H3/b5-3-. The second-order valence-corrected chi connectivity index (χ2v) is 4.17. The van der Waals surface area contributed by atoms with Crippen molar-refractivity contribution in [3.8, 4) is 11.1 Å². The highest BCUT2D eigenvalue weighted by Crippen LogP contribution is 2.29. The number of benzene rings is 2. The van der Waals surface area contributed by atoms with Gasteiger partial charge in [0.05, 0.1) is 0 Å². The van der Waals surface area contributed by atoms with E-state index in [1.807, 2.05) is 31.2 Å². The van der Waals surface area contributed by atoms with Crippen LogP contribution in [0.2, 0.25) is 0 Å². The number of hydrogen-bond donors (Lipinski definition) is 1. The molecule has 0 aliphatic heterocycles. The zero-order valence-electron chi connectivity index (χ0n) is 10.3. The topological polar surface area (TPSA) is 26.0 Å². The lowest BCUT2D eigenvalue weighted by molar-refractivity contribution is 1.47. The fourth-order valence-corrected chi connectivity index (χ4v) is 1.89. The molecule has 0 radical (unpaired) electrons. The Labute approximate surface area is 103 Å². The summed E-state index contributed by atoms with van der Waals surface area (Å²) in [4.78, 5) is 0. The van der Waals surface area contributed by atoms with Crippen LogP contribution < -0.4 is 5.73 Å². The Balaban J connectivity index is 2.52. The molecule has 0 heterocycles. The molecule has 0 bridgehead atoms. The molecule has 2 aromatic carbocycles. The number of nitrogens with two attached hydrogens (primary N) is 1. The number of hydrogen-bond acceptors (Lipinski definition) is 1. The molecular weight excluding hydrogens is 206 g/mol. The van der Waals surface area contributed by atoms with E-state index in [0.717, 1.165) is 16.8 Å². The van der Waals surface area contributed by atoms with Gasteiger partial charge in [-0.25, -0.2) is 0 Å². The number of aryl methyl sites for hydroxylation is 1. The maximum Gasteiger partial charge on any atom is 0.0467 e. The van der Waals surface area contributed by atoms with Gasteiger partial charge in [-0.05, 0) is 25.0 Å². The maximum absolute atomic E-state index is 6.19. The fraction of sp³-hybridized carbons (Fsp3) is 0.125. The minimum atomic E-state index is 0.842. The Bertz CT molecular complexity index is 536. The number of anilines is 1. The van der Waals surface area contributed by atoms with E-state index in [2.05, 4.69) is 37.3 Å². The van der Waals surface area contributed by atoms with E-state index in [1.54, 1.807) is 0 Å². The van der Waals surface area contributed by atoms with Gasteiger partial charge in [-0.1, -0.05) is 60.2 Å². The quantitative estimate of drug-likeness (QED) is 0.756. The van der Waals surface area contributed by atoms with E-state index in [4.69, 9.17) is 5.73 Å². The van der Waals surface area contributed by atoms with Crippen molar-refractivity contribution in [3.05, 3.63) is 59.7 Å². The average molecular weight is 223 g/mol. The highest BCUT2D eigenvalue weighted by molar-refractivity contribution is 5.82. The van der Waals surface area contributed by atoms with Gasteiger partial charge in [0.25, 0.3) is 0 Å². The molecular formula is C16H17N. The predicted octanol–water partition coefficient (Wildman–Crippen LogP) is 4.28. The molecule has 0 saturated carbocycles. The lowest BCUT2D eigenvalue weighted by atomic mass is 9.99. The van der Waals surface area contributed by atoms with Crippen LogP contribution in [0.1, 0.15) is 18.1 Å². The number of nitrogen functional groups attached to an aromatic ring is 1. The van der Waals surface area contributed by atoms with E-state index in [9.17, 15) is 0 Å². The van der Waals surface area contributed by atoms with Crippen LogP contribution in [0.25, 0.3) is 17.2 Å². The van der Waals surface area contributed by atoms with Crippen LogP contribution in [0.5, 0.6) is 0 Å². The van der Waals surface area contributed by atoms with Crippen molar-refractivity contribution in [1.82, 2.24) is 0 Å². The average Bonchev–Trinajstić information content (AvgIpc) is 2.34. The van der Waals surface area contributed by atoms with Crippen LogP contribution >= 0.6 is 0 Å². The van der Waals surface area contributed by atoms with Gasteiger partial charge in [0.2, 0.25) is 0 Å². The van der Waals surface area contributed by atoms with Crippen molar-refractivity contribution in [2.45, 2.75) is 13.8 Å². The van der Waals surface area contributed by atoms with Gasteiger partial charge in [-0.3, -0.25) is 0 Å². The summed E-state index contributed by atoms with van der Waals surface area (Å²) in [6.07, 6.45) is 4.04. The van der Waals surface area contributed by atoms with Crippen LogP contribution in [0.3, 0.4) is 0 Å². The number of allylic oxidation sites excluding steroid dienone is 1. The highest BCUT2D eigenvalue weighted by Gasteiger charge is 2.04. The Hall–Kier alpha value is -2.02. The van der Waals surface area contributed by atoms with E-state index in [1.165, 1.54) is 11.1 Å². The van der Waals surface area contributed by atoms with Gasteiger partial charge in [0.15, 0.2) is 0 Å². The van der Waals surface area contributed by atoms with Gasteiger partial charge in [-0.15, -0.1) is 0 Å². The Morgan fingerprint density at radius 3 is 2.35 bits per heavy atom. The van der Waals surface area contributed by atoms with Crippen molar-refractivity contribution in [3.63, 3.8) is 0 Å². The van der Waals surface area contributed by atoms with Crippen LogP contribution in [0.4, 0.5) is 5.69 Å². The summed E-state index contributed by atoms with van der Waals surface area (Å²) in [5.74, 6) is 0. The van der Waals surface area contributed by atoms with Gasteiger partial charge in [0.1, 0.15) is 0 Å². The summed E-state index contributed by atoms with van der Waals surface area (Å²) in [7, 11) is 0. The largest absolute Gasteiger partial charge is 0.398 e. The van der Waals surface area contributed by atoms with Crippen molar-refractivity contribution < 1.29 is 0 Å². The molecule has 0 aliphatic carbocycles. The number of para-hydroxylation sites is 1. The number of rotatable bonds is 2. The van der Waals surface area contributed by atoms with Gasteiger partial charge in [0, 0.05) is 11.3 Å². The van der Waals surface area contributed by atoms with Gasteiger partial charge >= 0.3 is 0 Å². The lowest BCUT2D eigenvalue weighted by Gasteiger charge is -2.09. The molecule has 0 saturated heterocycles. The molecule has 0 atom stereocenters. The molecule has 0 unspecified atom stereocenters. The first kappa shape index (κ1) is 11.5. The summed E-state index contributed by atoms with van der Waals surface area (Å²) in [6.45, 7) is 4.08. The van der Waals surface area contributed by atoms with Crippen molar-refractivity contribution in [1.29, 1.82) is 0 Å². The normalized spacial score (nSPS) is 10.9. The predicted molar refractivity (Wildman–Crippen MR) is 75.7 cm³/mol. The summed E-state index contributed by atoms with van der Waals surface area (Å²) in [5, 5.41) is 0. The van der Waals surface area contributed by atoms with Gasteiger partial charge in [-0.2, -0.15) is 0 Å². The molecule has 0 aromatic heterocycles. The molecule has 2 aromatic rings. The second-order valence-electron chi connectivity index (χ2n) is 4.17. The third-order valence-electron chi connectivity index (χ3n) is 2.85. The summed E-state index contributed by atoms with van der Waals surface area (Å²) in [5.41, 5.74) is 11.6. The summed E-state index contributed by atoms with van der Waals surface area (Å²) < 4.78 is 0. The monoisotopic (exact) mass is 223 g/mol. The molecule has 2 rings (SSSR count). The maximum atomic E-state index is 6.19. The Morgan fingerprint density at radius 2 is 1.71 bits per heavy atom. The molecule has 86 valence electrons. The molecule has 2 N–H and O–H groups in total. The first-order valence-corrected chi connectivity index (χ1v) is 5.80.